The first kappa shape index (κ1) is 13.7. The summed E-state index contributed by atoms with van der Waals surface area (Å²) in [6.45, 7) is 2.59. The van der Waals surface area contributed by atoms with Crippen molar-refractivity contribution in [1.29, 1.82) is 0 Å². The molecule has 1 aromatic heterocycles. The number of rotatable bonds is 4. The fourth-order valence-corrected chi connectivity index (χ4v) is 2.68. The van der Waals surface area contributed by atoms with Crippen molar-refractivity contribution >= 4 is 11.4 Å². The van der Waals surface area contributed by atoms with Crippen molar-refractivity contribution in [2.24, 2.45) is 0 Å². The summed E-state index contributed by atoms with van der Waals surface area (Å²) in [5, 5.41) is 6.69. The average Bonchev–Trinajstić information content (AvgIpc) is 3.42. The highest BCUT2D eigenvalue weighted by Crippen LogP contribution is 2.37. The van der Waals surface area contributed by atoms with E-state index in [-0.39, 0.29) is 6.10 Å². The highest BCUT2D eigenvalue weighted by Gasteiger charge is 2.26. The summed E-state index contributed by atoms with van der Waals surface area (Å²) < 4.78 is 5.76. The standard InChI is InChI=1S/C17H20N4O/c1-2-13(1)17-19-9-15(10-20-17)21-14-5-3-12(4-6-14)16-11-18-7-8-22-16/h3-6,9-10,13,16,18,21H,1-2,7-8,11H2/t16-/m1/s1. The molecule has 2 N–H and O–H groups in total. The van der Waals surface area contributed by atoms with Gasteiger partial charge in [0.15, 0.2) is 0 Å². The predicted molar refractivity (Wildman–Crippen MR) is 85.3 cm³/mol. The number of morpholine rings is 1. The molecule has 2 heterocycles. The van der Waals surface area contributed by atoms with E-state index in [4.69, 9.17) is 4.74 Å². The lowest BCUT2D eigenvalue weighted by Crippen LogP contribution is -2.33. The van der Waals surface area contributed by atoms with Crippen molar-refractivity contribution in [2.75, 3.05) is 25.0 Å². The molecule has 5 heteroatoms. The Labute approximate surface area is 130 Å². The van der Waals surface area contributed by atoms with Crippen LogP contribution in [0.5, 0.6) is 0 Å². The van der Waals surface area contributed by atoms with Gasteiger partial charge in [0.1, 0.15) is 5.82 Å². The van der Waals surface area contributed by atoms with Gasteiger partial charge >= 0.3 is 0 Å². The fraction of sp³-hybridized carbons (Fsp3) is 0.412. The highest BCUT2D eigenvalue weighted by molar-refractivity contribution is 5.58. The number of anilines is 2. The monoisotopic (exact) mass is 296 g/mol. The van der Waals surface area contributed by atoms with E-state index in [1.807, 2.05) is 12.4 Å². The SMILES string of the molecule is c1cc([C@H]2CNCCO2)ccc1Nc1cnc(C2CC2)nc1. The molecule has 1 atom stereocenters. The van der Waals surface area contributed by atoms with Gasteiger partial charge in [0, 0.05) is 24.7 Å². The van der Waals surface area contributed by atoms with Crippen LogP contribution in [0.4, 0.5) is 11.4 Å². The van der Waals surface area contributed by atoms with E-state index >= 15 is 0 Å². The third-order valence-corrected chi connectivity index (χ3v) is 4.11. The second-order valence-corrected chi connectivity index (χ2v) is 5.91. The Hall–Kier alpha value is -1.98. The number of benzene rings is 1. The van der Waals surface area contributed by atoms with Crippen molar-refractivity contribution < 1.29 is 4.74 Å². The van der Waals surface area contributed by atoms with E-state index in [0.717, 1.165) is 36.9 Å². The molecule has 1 aliphatic carbocycles. The van der Waals surface area contributed by atoms with Crippen LogP contribution in [0.15, 0.2) is 36.7 Å². The molecular weight excluding hydrogens is 276 g/mol. The van der Waals surface area contributed by atoms with E-state index in [9.17, 15) is 0 Å². The normalized spacial score (nSPS) is 21.5. The van der Waals surface area contributed by atoms with Crippen LogP contribution in [0.25, 0.3) is 0 Å². The first-order chi connectivity index (χ1) is 10.9. The summed E-state index contributed by atoms with van der Waals surface area (Å²) in [6, 6.07) is 8.36. The molecule has 22 heavy (non-hydrogen) atoms. The van der Waals surface area contributed by atoms with Gasteiger partial charge in [-0.1, -0.05) is 12.1 Å². The minimum absolute atomic E-state index is 0.156. The molecule has 2 aliphatic rings. The topological polar surface area (TPSA) is 59.1 Å². The second kappa shape index (κ2) is 6.02. The summed E-state index contributed by atoms with van der Waals surface area (Å²) in [7, 11) is 0. The van der Waals surface area contributed by atoms with Gasteiger partial charge in [0.25, 0.3) is 0 Å². The van der Waals surface area contributed by atoms with Crippen LogP contribution < -0.4 is 10.6 Å². The lowest BCUT2D eigenvalue weighted by molar-refractivity contribution is 0.0277. The molecule has 0 bridgehead atoms. The number of nitrogens with one attached hydrogen (secondary N) is 2. The maximum absolute atomic E-state index is 5.76. The van der Waals surface area contributed by atoms with E-state index < -0.39 is 0 Å². The van der Waals surface area contributed by atoms with E-state index in [2.05, 4.69) is 44.9 Å². The lowest BCUT2D eigenvalue weighted by atomic mass is 10.1. The van der Waals surface area contributed by atoms with Crippen LogP contribution in [-0.4, -0.2) is 29.7 Å². The van der Waals surface area contributed by atoms with Gasteiger partial charge in [-0.3, -0.25) is 0 Å². The summed E-state index contributed by atoms with van der Waals surface area (Å²) in [6.07, 6.45) is 6.34. The molecule has 0 spiro atoms. The summed E-state index contributed by atoms with van der Waals surface area (Å²) in [5.74, 6) is 1.57. The third-order valence-electron chi connectivity index (χ3n) is 4.11. The molecule has 5 nitrogen and oxygen atoms in total. The molecule has 2 aromatic rings. The van der Waals surface area contributed by atoms with Gasteiger partial charge in [-0.25, -0.2) is 9.97 Å². The number of nitrogens with zero attached hydrogens (tertiary/aromatic N) is 2. The maximum atomic E-state index is 5.76. The molecule has 0 radical (unpaired) electrons. The maximum Gasteiger partial charge on any atom is 0.131 e. The van der Waals surface area contributed by atoms with Crippen LogP contribution in [0.1, 0.15) is 36.3 Å². The van der Waals surface area contributed by atoms with Crippen LogP contribution >= 0.6 is 0 Å². The molecule has 2 fully saturated rings. The van der Waals surface area contributed by atoms with Gasteiger partial charge in [-0.15, -0.1) is 0 Å². The zero-order valence-electron chi connectivity index (χ0n) is 12.5. The molecule has 1 aromatic carbocycles. The summed E-state index contributed by atoms with van der Waals surface area (Å²) >= 11 is 0. The van der Waals surface area contributed by atoms with Crippen LogP contribution in [0, 0.1) is 0 Å². The molecule has 4 rings (SSSR count). The molecule has 0 amide bonds. The Morgan fingerprint density at radius 1 is 1.05 bits per heavy atom. The van der Waals surface area contributed by atoms with Crippen molar-refractivity contribution in [1.82, 2.24) is 15.3 Å². The Balaban J connectivity index is 1.41. The predicted octanol–water partition coefficient (Wildman–Crippen LogP) is 2.76. The van der Waals surface area contributed by atoms with Gasteiger partial charge < -0.3 is 15.4 Å². The zero-order valence-corrected chi connectivity index (χ0v) is 12.5. The zero-order chi connectivity index (χ0) is 14.8. The van der Waals surface area contributed by atoms with E-state index in [1.54, 1.807) is 0 Å². The van der Waals surface area contributed by atoms with Crippen molar-refractivity contribution in [2.45, 2.75) is 24.9 Å². The van der Waals surface area contributed by atoms with Crippen molar-refractivity contribution in [3.05, 3.63) is 48.0 Å². The summed E-state index contributed by atoms with van der Waals surface area (Å²) in [5.41, 5.74) is 3.17. The van der Waals surface area contributed by atoms with Crippen molar-refractivity contribution in [3.63, 3.8) is 0 Å². The number of aromatic nitrogens is 2. The van der Waals surface area contributed by atoms with Crippen LogP contribution in [-0.2, 0) is 4.74 Å². The Morgan fingerprint density at radius 3 is 2.45 bits per heavy atom. The number of hydrogen-bond donors (Lipinski definition) is 2. The Morgan fingerprint density at radius 2 is 1.82 bits per heavy atom. The Bertz CT molecular complexity index is 616. The largest absolute Gasteiger partial charge is 0.371 e. The smallest absolute Gasteiger partial charge is 0.131 e. The summed E-state index contributed by atoms with van der Waals surface area (Å²) in [4.78, 5) is 8.85. The van der Waals surface area contributed by atoms with E-state index in [0.29, 0.717) is 5.92 Å². The molecule has 1 aliphatic heterocycles. The van der Waals surface area contributed by atoms with Gasteiger partial charge in [0.2, 0.25) is 0 Å². The molecular formula is C17H20N4O. The van der Waals surface area contributed by atoms with Crippen LogP contribution in [0.3, 0.4) is 0 Å². The Kier molecular flexibility index (Phi) is 3.74. The van der Waals surface area contributed by atoms with Crippen molar-refractivity contribution in [3.8, 4) is 0 Å². The van der Waals surface area contributed by atoms with Gasteiger partial charge in [-0.05, 0) is 30.5 Å². The minimum Gasteiger partial charge on any atom is -0.371 e. The minimum atomic E-state index is 0.156. The number of ether oxygens (including phenoxy) is 1. The average molecular weight is 296 g/mol. The van der Waals surface area contributed by atoms with Gasteiger partial charge in [-0.2, -0.15) is 0 Å². The first-order valence-electron chi connectivity index (χ1n) is 7.90. The quantitative estimate of drug-likeness (QED) is 0.908. The molecule has 0 unspecified atom stereocenters. The van der Waals surface area contributed by atoms with Gasteiger partial charge in [0.05, 0.1) is 30.8 Å². The molecule has 1 saturated carbocycles. The fourth-order valence-electron chi connectivity index (χ4n) is 2.68. The molecule has 114 valence electrons. The number of hydrogen-bond acceptors (Lipinski definition) is 5. The van der Waals surface area contributed by atoms with E-state index in [1.165, 1.54) is 18.4 Å². The second-order valence-electron chi connectivity index (χ2n) is 5.91. The van der Waals surface area contributed by atoms with Crippen LogP contribution in [0.2, 0.25) is 0 Å². The highest BCUT2D eigenvalue weighted by atomic mass is 16.5. The first-order valence-corrected chi connectivity index (χ1v) is 7.90. The lowest BCUT2D eigenvalue weighted by Gasteiger charge is -2.24. The molecule has 1 saturated heterocycles. The third kappa shape index (κ3) is 3.10.